The maximum absolute atomic E-state index is 13.0. The van der Waals surface area contributed by atoms with Crippen molar-refractivity contribution < 1.29 is 4.39 Å². The molecular weight excluding hydrogens is 267 g/mol. The van der Waals surface area contributed by atoms with Crippen molar-refractivity contribution in [3.8, 4) is 0 Å². The highest BCUT2D eigenvalue weighted by Crippen LogP contribution is 2.27. The Labute approximate surface area is 126 Å². The van der Waals surface area contributed by atoms with Crippen molar-refractivity contribution in [3.05, 3.63) is 35.6 Å². The van der Waals surface area contributed by atoms with Crippen LogP contribution in [0.1, 0.15) is 24.4 Å². The number of likely N-dealkylation sites (N-methyl/N-ethyl adjacent to an activating group) is 1. The molecule has 1 aromatic rings. The third-order valence-electron chi connectivity index (χ3n) is 3.82. The summed E-state index contributed by atoms with van der Waals surface area (Å²) in [4.78, 5) is 6.36. The van der Waals surface area contributed by atoms with Gasteiger partial charge in [0.05, 0.1) is 6.04 Å². The molecule has 116 valence electrons. The second-order valence-electron chi connectivity index (χ2n) is 5.81. The van der Waals surface area contributed by atoms with Crippen LogP contribution in [-0.2, 0) is 0 Å². The van der Waals surface area contributed by atoms with Gasteiger partial charge in [-0.1, -0.05) is 12.1 Å². The predicted molar refractivity (Wildman–Crippen MR) is 84.9 cm³/mol. The second-order valence-corrected chi connectivity index (χ2v) is 5.81. The van der Waals surface area contributed by atoms with Crippen LogP contribution in [0.2, 0.25) is 0 Å². The van der Waals surface area contributed by atoms with Crippen LogP contribution in [-0.4, -0.2) is 45.1 Å². The van der Waals surface area contributed by atoms with E-state index in [2.05, 4.69) is 20.5 Å². The Morgan fingerprint density at radius 1 is 1.29 bits per heavy atom. The number of benzene rings is 1. The molecule has 0 heterocycles. The summed E-state index contributed by atoms with van der Waals surface area (Å²) in [6.07, 6.45) is 2.64. The van der Waals surface area contributed by atoms with Crippen LogP contribution in [0.3, 0.4) is 0 Å². The lowest BCUT2D eigenvalue weighted by Gasteiger charge is -2.26. The van der Waals surface area contributed by atoms with Crippen molar-refractivity contribution in [2.75, 3.05) is 34.2 Å². The quantitative estimate of drug-likeness (QED) is 0.622. The largest absolute Gasteiger partial charge is 0.356 e. The van der Waals surface area contributed by atoms with Crippen LogP contribution >= 0.6 is 0 Å². The molecule has 1 saturated carbocycles. The summed E-state index contributed by atoms with van der Waals surface area (Å²) in [6, 6.07) is 6.85. The Bertz CT molecular complexity index is 466. The molecule has 0 aliphatic heterocycles. The van der Waals surface area contributed by atoms with Crippen molar-refractivity contribution in [2.24, 2.45) is 10.9 Å². The van der Waals surface area contributed by atoms with Crippen LogP contribution in [0.4, 0.5) is 4.39 Å². The molecule has 4 nitrogen and oxygen atoms in total. The highest BCUT2D eigenvalue weighted by molar-refractivity contribution is 5.79. The first-order valence-electron chi connectivity index (χ1n) is 7.46. The molecule has 5 heteroatoms. The summed E-state index contributed by atoms with van der Waals surface area (Å²) in [5.41, 5.74) is 1.09. The molecule has 1 atom stereocenters. The molecule has 1 aliphatic carbocycles. The van der Waals surface area contributed by atoms with E-state index in [1.807, 2.05) is 26.2 Å². The Kier molecular flexibility index (Phi) is 5.56. The minimum absolute atomic E-state index is 0.171. The first kappa shape index (κ1) is 15.8. The van der Waals surface area contributed by atoms with E-state index >= 15 is 0 Å². The summed E-state index contributed by atoms with van der Waals surface area (Å²) in [5.74, 6) is 1.44. The zero-order valence-electron chi connectivity index (χ0n) is 13.1. The number of aliphatic imine (C=N–C) groups is 1. The minimum Gasteiger partial charge on any atom is -0.356 e. The van der Waals surface area contributed by atoms with Gasteiger partial charge in [0, 0.05) is 20.1 Å². The Balaban J connectivity index is 1.90. The molecule has 1 aromatic carbocycles. The van der Waals surface area contributed by atoms with Gasteiger partial charge in [0.2, 0.25) is 0 Å². The van der Waals surface area contributed by atoms with E-state index in [0.29, 0.717) is 0 Å². The van der Waals surface area contributed by atoms with Gasteiger partial charge in [-0.25, -0.2) is 4.39 Å². The number of rotatable bonds is 6. The standard InChI is InChI=1S/C16H25FN4/c1-18-16(19-10-12-4-5-12)20-11-15(21(2)3)13-6-8-14(17)9-7-13/h6-9,12,15H,4-5,10-11H2,1-3H3,(H2,18,19,20). The van der Waals surface area contributed by atoms with Gasteiger partial charge in [-0.2, -0.15) is 0 Å². The average Bonchev–Trinajstić information content (AvgIpc) is 3.28. The smallest absolute Gasteiger partial charge is 0.191 e. The number of hydrogen-bond acceptors (Lipinski definition) is 2. The fourth-order valence-electron chi connectivity index (χ4n) is 2.26. The molecule has 1 unspecified atom stereocenters. The maximum Gasteiger partial charge on any atom is 0.191 e. The number of nitrogens with one attached hydrogen (secondary N) is 2. The molecule has 2 N–H and O–H groups in total. The van der Waals surface area contributed by atoms with Crippen molar-refractivity contribution in [2.45, 2.75) is 18.9 Å². The molecule has 2 rings (SSSR count). The molecule has 0 spiro atoms. The van der Waals surface area contributed by atoms with Gasteiger partial charge in [-0.3, -0.25) is 4.99 Å². The van der Waals surface area contributed by atoms with Crippen molar-refractivity contribution in [1.82, 2.24) is 15.5 Å². The molecule has 0 radical (unpaired) electrons. The third kappa shape index (κ3) is 5.01. The number of guanidine groups is 1. The number of halogens is 1. The van der Waals surface area contributed by atoms with E-state index in [4.69, 9.17) is 0 Å². The summed E-state index contributed by atoms with van der Waals surface area (Å²) >= 11 is 0. The monoisotopic (exact) mass is 292 g/mol. The summed E-state index contributed by atoms with van der Waals surface area (Å²) in [5, 5.41) is 6.70. The fraction of sp³-hybridized carbons (Fsp3) is 0.562. The molecule has 0 aromatic heterocycles. The lowest BCUT2D eigenvalue weighted by Crippen LogP contribution is -2.42. The van der Waals surface area contributed by atoms with E-state index in [1.165, 1.54) is 25.0 Å². The zero-order chi connectivity index (χ0) is 15.2. The summed E-state index contributed by atoms with van der Waals surface area (Å²) < 4.78 is 13.0. The van der Waals surface area contributed by atoms with Crippen molar-refractivity contribution in [1.29, 1.82) is 0 Å². The maximum atomic E-state index is 13.0. The van der Waals surface area contributed by atoms with Gasteiger partial charge in [0.1, 0.15) is 5.82 Å². The predicted octanol–water partition coefficient (Wildman–Crippen LogP) is 2.00. The van der Waals surface area contributed by atoms with Crippen LogP contribution < -0.4 is 10.6 Å². The van der Waals surface area contributed by atoms with Gasteiger partial charge in [-0.15, -0.1) is 0 Å². The minimum atomic E-state index is -0.203. The lowest BCUT2D eigenvalue weighted by atomic mass is 10.1. The normalized spacial score (nSPS) is 16.9. The van der Waals surface area contributed by atoms with Gasteiger partial charge >= 0.3 is 0 Å². The van der Waals surface area contributed by atoms with Crippen LogP contribution in [0.25, 0.3) is 0 Å². The summed E-state index contributed by atoms with van der Waals surface area (Å²) in [6.45, 7) is 1.71. The molecule has 0 saturated heterocycles. The zero-order valence-corrected chi connectivity index (χ0v) is 13.1. The summed E-state index contributed by atoms with van der Waals surface area (Å²) in [7, 11) is 5.83. The molecule has 0 amide bonds. The van der Waals surface area contributed by atoms with Crippen molar-refractivity contribution in [3.63, 3.8) is 0 Å². The first-order chi connectivity index (χ1) is 10.1. The Hall–Kier alpha value is -1.62. The number of hydrogen-bond donors (Lipinski definition) is 2. The van der Waals surface area contributed by atoms with Crippen LogP contribution in [0.5, 0.6) is 0 Å². The van der Waals surface area contributed by atoms with Crippen LogP contribution in [0, 0.1) is 11.7 Å². The van der Waals surface area contributed by atoms with Crippen LogP contribution in [0.15, 0.2) is 29.3 Å². The van der Waals surface area contributed by atoms with E-state index in [0.717, 1.165) is 30.5 Å². The van der Waals surface area contributed by atoms with Gasteiger partial charge in [0.25, 0.3) is 0 Å². The average molecular weight is 292 g/mol. The highest BCUT2D eigenvalue weighted by Gasteiger charge is 2.21. The highest BCUT2D eigenvalue weighted by atomic mass is 19.1. The third-order valence-corrected chi connectivity index (χ3v) is 3.82. The Morgan fingerprint density at radius 2 is 1.95 bits per heavy atom. The van der Waals surface area contributed by atoms with E-state index in [1.54, 1.807) is 7.05 Å². The van der Waals surface area contributed by atoms with E-state index in [9.17, 15) is 4.39 Å². The first-order valence-corrected chi connectivity index (χ1v) is 7.46. The molecule has 1 fully saturated rings. The molecule has 21 heavy (non-hydrogen) atoms. The topological polar surface area (TPSA) is 39.7 Å². The van der Waals surface area contributed by atoms with Gasteiger partial charge < -0.3 is 15.5 Å². The van der Waals surface area contributed by atoms with Gasteiger partial charge in [-0.05, 0) is 50.6 Å². The lowest BCUT2D eigenvalue weighted by molar-refractivity contribution is 0.298. The molecule has 0 bridgehead atoms. The second kappa shape index (κ2) is 7.41. The fourth-order valence-corrected chi connectivity index (χ4v) is 2.26. The molecular formula is C16H25FN4. The van der Waals surface area contributed by atoms with Crippen molar-refractivity contribution >= 4 is 5.96 Å². The van der Waals surface area contributed by atoms with E-state index < -0.39 is 0 Å². The Morgan fingerprint density at radius 3 is 2.48 bits per heavy atom. The SMILES string of the molecule is CN=C(NCC1CC1)NCC(c1ccc(F)cc1)N(C)C. The number of nitrogens with zero attached hydrogens (tertiary/aromatic N) is 2. The van der Waals surface area contributed by atoms with E-state index in [-0.39, 0.29) is 11.9 Å². The molecule has 1 aliphatic rings. The van der Waals surface area contributed by atoms with Gasteiger partial charge in [0.15, 0.2) is 5.96 Å².